The van der Waals surface area contributed by atoms with Crippen LogP contribution in [0, 0.1) is 0 Å². The molecule has 0 saturated carbocycles. The van der Waals surface area contributed by atoms with Crippen LogP contribution in [-0.2, 0) is 9.59 Å². The topological polar surface area (TPSA) is 58.2 Å². The van der Waals surface area contributed by atoms with Crippen molar-refractivity contribution in [3.05, 3.63) is 0 Å². The summed E-state index contributed by atoms with van der Waals surface area (Å²) in [5, 5.41) is 5.28. The van der Waals surface area contributed by atoms with Gasteiger partial charge in [-0.05, 0) is 13.3 Å². The van der Waals surface area contributed by atoms with Gasteiger partial charge in [0.25, 0.3) is 0 Å². The zero-order valence-electron chi connectivity index (χ0n) is 7.54. The molecule has 4 nitrogen and oxygen atoms in total. The Labute approximate surface area is 72.7 Å². The molecule has 0 aromatic carbocycles. The molecule has 4 heteroatoms. The predicted molar refractivity (Wildman–Crippen MR) is 46.6 cm³/mol. The minimum absolute atomic E-state index is 0.00681. The van der Waals surface area contributed by atoms with Crippen LogP contribution in [0.2, 0.25) is 0 Å². The number of rotatable bonds is 7. The van der Waals surface area contributed by atoms with E-state index in [9.17, 15) is 9.59 Å². The number of nitrogens with one attached hydrogen (secondary N) is 2. The van der Waals surface area contributed by atoms with Crippen molar-refractivity contribution in [3.8, 4) is 0 Å². The normalized spacial score (nSPS) is 14.5. The fraction of sp³-hybridized carbons (Fsp3) is 0.750. The van der Waals surface area contributed by atoms with Crippen LogP contribution in [0.25, 0.3) is 0 Å². The van der Waals surface area contributed by atoms with E-state index in [2.05, 4.69) is 10.6 Å². The van der Waals surface area contributed by atoms with Gasteiger partial charge in [-0.3, -0.25) is 9.59 Å². The fourth-order valence-electron chi connectivity index (χ4n) is 1.10. The van der Waals surface area contributed by atoms with E-state index in [1.165, 1.54) is 0 Å². The molecule has 0 spiro atoms. The van der Waals surface area contributed by atoms with Crippen molar-refractivity contribution in [1.29, 1.82) is 0 Å². The molecule has 0 heterocycles. The minimum atomic E-state index is -0.00681. The van der Waals surface area contributed by atoms with E-state index in [-0.39, 0.29) is 12.1 Å². The van der Waals surface area contributed by atoms with Gasteiger partial charge in [0.2, 0.25) is 12.8 Å². The van der Waals surface area contributed by atoms with Crippen LogP contribution < -0.4 is 10.6 Å². The maximum atomic E-state index is 10.2. The Morgan fingerprint density at radius 3 is 2.25 bits per heavy atom. The second kappa shape index (κ2) is 6.64. The molecule has 12 heavy (non-hydrogen) atoms. The third-order valence-electron chi connectivity index (χ3n) is 1.82. The Bertz CT molecular complexity index is 139. The van der Waals surface area contributed by atoms with Gasteiger partial charge in [0, 0.05) is 12.1 Å². The highest BCUT2D eigenvalue weighted by molar-refractivity contribution is 5.49. The monoisotopic (exact) mass is 172 g/mol. The zero-order chi connectivity index (χ0) is 9.40. The number of carbonyl (C=O) groups excluding carboxylic acids is 2. The summed E-state index contributed by atoms with van der Waals surface area (Å²) in [6, 6.07) is 0.0327. The summed E-state index contributed by atoms with van der Waals surface area (Å²) < 4.78 is 0. The Balaban J connectivity index is 3.87. The molecule has 0 aromatic heterocycles. The van der Waals surface area contributed by atoms with Crippen LogP contribution in [0.15, 0.2) is 0 Å². The molecule has 0 fully saturated rings. The van der Waals surface area contributed by atoms with Gasteiger partial charge in [0.1, 0.15) is 0 Å². The van der Waals surface area contributed by atoms with Crippen molar-refractivity contribution in [1.82, 2.24) is 10.6 Å². The summed E-state index contributed by atoms with van der Waals surface area (Å²) in [6.07, 6.45) is 3.18. The van der Waals surface area contributed by atoms with Crippen LogP contribution in [0.5, 0.6) is 0 Å². The SMILES string of the molecule is CCCC(NC=O)C(C)NC=O. The van der Waals surface area contributed by atoms with Crippen LogP contribution in [0.3, 0.4) is 0 Å². The molecule has 2 unspecified atom stereocenters. The lowest BCUT2D eigenvalue weighted by molar-refractivity contribution is -0.112. The molecule has 0 saturated heterocycles. The van der Waals surface area contributed by atoms with Gasteiger partial charge in [0.15, 0.2) is 0 Å². The summed E-state index contributed by atoms with van der Waals surface area (Å²) in [7, 11) is 0. The van der Waals surface area contributed by atoms with E-state index in [4.69, 9.17) is 0 Å². The average Bonchev–Trinajstić information content (AvgIpc) is 2.04. The van der Waals surface area contributed by atoms with Crippen molar-refractivity contribution in [2.24, 2.45) is 0 Å². The van der Waals surface area contributed by atoms with E-state index in [0.717, 1.165) is 12.8 Å². The van der Waals surface area contributed by atoms with Gasteiger partial charge in [-0.2, -0.15) is 0 Å². The van der Waals surface area contributed by atoms with Gasteiger partial charge in [-0.1, -0.05) is 13.3 Å². The molecule has 0 aliphatic carbocycles. The summed E-state index contributed by atoms with van der Waals surface area (Å²) in [5.41, 5.74) is 0. The molecule has 0 rings (SSSR count). The molecule has 0 aliphatic heterocycles. The number of hydrogen-bond donors (Lipinski definition) is 2. The van der Waals surface area contributed by atoms with Crippen molar-refractivity contribution in [2.45, 2.75) is 38.8 Å². The van der Waals surface area contributed by atoms with E-state index in [1.54, 1.807) is 0 Å². The number of carbonyl (C=O) groups is 2. The van der Waals surface area contributed by atoms with E-state index >= 15 is 0 Å². The third-order valence-corrected chi connectivity index (χ3v) is 1.82. The first-order valence-corrected chi connectivity index (χ1v) is 4.15. The van der Waals surface area contributed by atoms with Crippen molar-refractivity contribution < 1.29 is 9.59 Å². The minimum Gasteiger partial charge on any atom is -0.354 e. The molecule has 0 aliphatic rings. The highest BCUT2D eigenvalue weighted by atomic mass is 16.1. The lowest BCUT2D eigenvalue weighted by Crippen LogP contribution is -2.45. The Morgan fingerprint density at radius 1 is 1.25 bits per heavy atom. The first kappa shape index (κ1) is 10.9. The summed E-state index contributed by atoms with van der Waals surface area (Å²) >= 11 is 0. The van der Waals surface area contributed by atoms with Crippen molar-refractivity contribution >= 4 is 12.8 Å². The predicted octanol–water partition coefficient (Wildman–Crippen LogP) is 0.0356. The maximum Gasteiger partial charge on any atom is 0.207 e. The van der Waals surface area contributed by atoms with Gasteiger partial charge < -0.3 is 10.6 Å². The highest BCUT2D eigenvalue weighted by Gasteiger charge is 2.13. The van der Waals surface area contributed by atoms with E-state index in [0.29, 0.717) is 12.8 Å². The maximum absolute atomic E-state index is 10.2. The zero-order valence-corrected chi connectivity index (χ0v) is 7.54. The van der Waals surface area contributed by atoms with E-state index in [1.807, 2.05) is 13.8 Å². The molecule has 0 aromatic rings. The highest BCUT2D eigenvalue weighted by Crippen LogP contribution is 2.00. The Morgan fingerprint density at radius 2 is 1.83 bits per heavy atom. The molecule has 2 atom stereocenters. The molecule has 0 radical (unpaired) electrons. The van der Waals surface area contributed by atoms with Gasteiger partial charge in [0.05, 0.1) is 0 Å². The summed E-state index contributed by atoms with van der Waals surface area (Å²) in [6.45, 7) is 3.90. The lowest BCUT2D eigenvalue weighted by Gasteiger charge is -2.21. The first-order chi connectivity index (χ1) is 5.76. The molecule has 2 amide bonds. The quantitative estimate of drug-likeness (QED) is 0.532. The summed E-state index contributed by atoms with van der Waals surface area (Å²) in [4.78, 5) is 20.3. The molecule has 2 N–H and O–H groups in total. The van der Waals surface area contributed by atoms with Crippen LogP contribution in [0.4, 0.5) is 0 Å². The smallest absolute Gasteiger partial charge is 0.207 e. The van der Waals surface area contributed by atoms with Gasteiger partial charge in [-0.15, -0.1) is 0 Å². The largest absolute Gasteiger partial charge is 0.354 e. The fourth-order valence-corrected chi connectivity index (χ4v) is 1.10. The first-order valence-electron chi connectivity index (χ1n) is 4.15. The van der Waals surface area contributed by atoms with Crippen molar-refractivity contribution in [2.75, 3.05) is 0 Å². The molecule has 0 bridgehead atoms. The average molecular weight is 172 g/mol. The van der Waals surface area contributed by atoms with Gasteiger partial charge in [-0.25, -0.2) is 0 Å². The van der Waals surface area contributed by atoms with Gasteiger partial charge >= 0.3 is 0 Å². The van der Waals surface area contributed by atoms with Crippen LogP contribution in [0.1, 0.15) is 26.7 Å². The third kappa shape index (κ3) is 3.95. The second-order valence-corrected chi connectivity index (χ2v) is 2.75. The Hall–Kier alpha value is -1.06. The summed E-state index contributed by atoms with van der Waals surface area (Å²) in [5.74, 6) is 0. The second-order valence-electron chi connectivity index (χ2n) is 2.75. The molecular formula is C8H16N2O2. The van der Waals surface area contributed by atoms with Crippen molar-refractivity contribution in [3.63, 3.8) is 0 Å². The number of amides is 2. The Kier molecular flexibility index (Phi) is 6.05. The molecular weight excluding hydrogens is 156 g/mol. The molecule has 70 valence electrons. The van der Waals surface area contributed by atoms with Crippen LogP contribution >= 0.6 is 0 Å². The van der Waals surface area contributed by atoms with Crippen LogP contribution in [-0.4, -0.2) is 24.9 Å². The lowest BCUT2D eigenvalue weighted by atomic mass is 10.1. The standard InChI is InChI=1S/C8H16N2O2/c1-3-4-8(10-6-12)7(2)9-5-11/h5-8H,3-4H2,1-2H3,(H,9,11)(H,10,12). The van der Waals surface area contributed by atoms with E-state index < -0.39 is 0 Å². The number of hydrogen-bond acceptors (Lipinski definition) is 2.